The Balaban J connectivity index is 0.00000218. The molecule has 3 aliphatic rings. The van der Waals surface area contributed by atoms with E-state index in [0.29, 0.717) is 21.5 Å². The number of quaternary nitrogens is 1. The van der Waals surface area contributed by atoms with E-state index in [4.69, 9.17) is 23.7 Å². The summed E-state index contributed by atoms with van der Waals surface area (Å²) >= 11 is 0. The molecule has 7 nitrogen and oxygen atoms in total. The van der Waals surface area contributed by atoms with Crippen LogP contribution in [-0.4, -0.2) is 52.1 Å². The number of carbonyl (C=O) groups is 1. The summed E-state index contributed by atoms with van der Waals surface area (Å²) in [6.45, 7) is 1.16. The minimum absolute atomic E-state index is 0. The average Bonchev–Trinajstić information content (AvgIpc) is 3.28. The lowest BCUT2D eigenvalue weighted by Gasteiger charge is -2.44. The largest absolute Gasteiger partial charge is 1.00 e. The molecule has 0 fully saturated rings. The molecular weight excluding hydrogens is 501 g/mol. The minimum Gasteiger partial charge on any atom is -1.00 e. The van der Waals surface area contributed by atoms with Gasteiger partial charge in [0.2, 0.25) is 6.79 Å². The van der Waals surface area contributed by atoms with Crippen LogP contribution in [0.25, 0.3) is 0 Å². The number of cyclic esters (lactones) is 1. The van der Waals surface area contributed by atoms with E-state index in [1.807, 2.05) is 12.1 Å². The van der Waals surface area contributed by atoms with Crippen LogP contribution < -0.4 is 42.9 Å². The summed E-state index contributed by atoms with van der Waals surface area (Å²) in [7, 11) is 7.49. The number of hydrogen-bond donors (Lipinski definition) is 0. The Morgan fingerprint density at radius 2 is 1.63 bits per heavy atom. The predicted molar refractivity (Wildman–Crippen MR) is 104 cm³/mol. The number of benzene rings is 2. The molecule has 3 aliphatic heterocycles. The highest BCUT2D eigenvalue weighted by Crippen LogP contribution is 2.51. The first-order valence-electron chi connectivity index (χ1n) is 9.65. The van der Waals surface area contributed by atoms with Crippen molar-refractivity contribution >= 4 is 5.97 Å². The van der Waals surface area contributed by atoms with Gasteiger partial charge in [-0.1, -0.05) is 0 Å². The summed E-state index contributed by atoms with van der Waals surface area (Å²) in [5.41, 5.74) is 3.70. The number of rotatable bonds is 3. The summed E-state index contributed by atoms with van der Waals surface area (Å²) in [4.78, 5) is 12.7. The third kappa shape index (κ3) is 3.08. The Labute approximate surface area is 192 Å². The fourth-order valence-electron chi connectivity index (χ4n) is 4.73. The number of methoxy groups -OCH3 is 2. The highest BCUT2D eigenvalue weighted by molar-refractivity contribution is 5.95. The molecule has 0 spiro atoms. The van der Waals surface area contributed by atoms with Gasteiger partial charge in [-0.2, -0.15) is 0 Å². The van der Waals surface area contributed by atoms with Crippen molar-refractivity contribution in [2.24, 2.45) is 0 Å². The van der Waals surface area contributed by atoms with Crippen LogP contribution in [0.5, 0.6) is 23.0 Å². The first kappa shape index (κ1) is 21.0. The molecule has 8 heteroatoms. The second kappa shape index (κ2) is 7.49. The number of ether oxygens (including phenoxy) is 5. The molecule has 0 aliphatic carbocycles. The fraction of sp³-hybridized carbons (Fsp3) is 0.409. The maximum atomic E-state index is 12.7. The molecule has 0 bridgehead atoms. The molecule has 0 aromatic heterocycles. The lowest BCUT2D eigenvalue weighted by Crippen LogP contribution is -3.00. The number of halogens is 1. The van der Waals surface area contributed by atoms with Crippen LogP contribution in [-0.2, 0) is 11.2 Å². The van der Waals surface area contributed by atoms with Crippen LogP contribution in [0.15, 0.2) is 24.3 Å². The van der Waals surface area contributed by atoms with Crippen molar-refractivity contribution in [2.75, 3.05) is 41.7 Å². The smallest absolute Gasteiger partial charge is 0.339 e. The van der Waals surface area contributed by atoms with Gasteiger partial charge < -0.3 is 52.1 Å². The Bertz CT molecular complexity index is 1020. The zero-order valence-corrected chi connectivity index (χ0v) is 19.5. The van der Waals surface area contributed by atoms with Crippen molar-refractivity contribution in [3.05, 3.63) is 46.5 Å². The van der Waals surface area contributed by atoms with Gasteiger partial charge >= 0.3 is 5.97 Å². The second-order valence-corrected chi connectivity index (χ2v) is 8.22. The van der Waals surface area contributed by atoms with Crippen LogP contribution in [0.4, 0.5) is 0 Å². The van der Waals surface area contributed by atoms with Crippen molar-refractivity contribution in [3.8, 4) is 23.0 Å². The van der Waals surface area contributed by atoms with E-state index in [9.17, 15) is 4.79 Å². The highest BCUT2D eigenvalue weighted by Gasteiger charge is 2.49. The third-order valence-corrected chi connectivity index (χ3v) is 6.27. The molecule has 2 aromatic carbocycles. The monoisotopic (exact) mass is 525 g/mol. The van der Waals surface area contributed by atoms with Crippen LogP contribution >= 0.6 is 0 Å². The lowest BCUT2D eigenvalue weighted by molar-refractivity contribution is -0.927. The number of carbonyl (C=O) groups excluding carboxylic acids is 1. The first-order valence-corrected chi connectivity index (χ1v) is 9.65. The summed E-state index contributed by atoms with van der Waals surface area (Å²) in [6.07, 6.45) is 0.501. The molecule has 30 heavy (non-hydrogen) atoms. The van der Waals surface area contributed by atoms with Gasteiger partial charge in [-0.15, -0.1) is 0 Å². The van der Waals surface area contributed by atoms with Crippen LogP contribution in [0.3, 0.4) is 0 Å². The van der Waals surface area contributed by atoms with E-state index in [2.05, 4.69) is 20.2 Å². The molecule has 2 atom stereocenters. The molecule has 0 amide bonds. The van der Waals surface area contributed by atoms with E-state index in [1.54, 1.807) is 20.3 Å². The van der Waals surface area contributed by atoms with Gasteiger partial charge in [-0.25, -0.2) is 4.79 Å². The van der Waals surface area contributed by atoms with Crippen LogP contribution in [0.1, 0.15) is 39.2 Å². The molecule has 0 saturated carbocycles. The molecule has 0 N–H and O–H groups in total. The lowest BCUT2D eigenvalue weighted by atomic mass is 9.84. The van der Waals surface area contributed by atoms with Gasteiger partial charge in [0.05, 0.1) is 40.4 Å². The normalized spacial score (nSPS) is 22.5. The first-order chi connectivity index (χ1) is 13.9. The Morgan fingerprint density at radius 1 is 0.967 bits per heavy atom. The molecule has 0 saturated heterocycles. The van der Waals surface area contributed by atoms with Gasteiger partial charge in [0.1, 0.15) is 0 Å². The van der Waals surface area contributed by atoms with Gasteiger partial charge in [0.15, 0.2) is 35.1 Å². The second-order valence-electron chi connectivity index (χ2n) is 8.22. The van der Waals surface area contributed by atoms with E-state index in [0.717, 1.165) is 35.6 Å². The summed E-state index contributed by atoms with van der Waals surface area (Å²) in [5.74, 6) is 2.29. The Hall–Kier alpha value is -2.20. The van der Waals surface area contributed by atoms with E-state index >= 15 is 0 Å². The molecule has 3 heterocycles. The Morgan fingerprint density at radius 3 is 2.33 bits per heavy atom. The van der Waals surface area contributed by atoms with Gasteiger partial charge in [0.25, 0.3) is 0 Å². The highest BCUT2D eigenvalue weighted by atomic mass is 127. The zero-order valence-electron chi connectivity index (χ0n) is 17.4. The summed E-state index contributed by atoms with van der Waals surface area (Å²) in [6, 6.07) is 7.62. The van der Waals surface area contributed by atoms with Crippen LogP contribution in [0, 0.1) is 0 Å². The number of esters is 1. The SMILES string of the molecule is COc1cc2c(cc1OC)C(C1c3cc4c(cc3CC[N+]1(C)C)OCO4)OC2=O.[I-]. The van der Waals surface area contributed by atoms with Crippen LogP contribution in [0.2, 0.25) is 0 Å². The van der Waals surface area contributed by atoms with Crippen molar-refractivity contribution in [2.45, 2.75) is 18.6 Å². The molecule has 5 rings (SSSR count). The predicted octanol–water partition coefficient (Wildman–Crippen LogP) is 0.0218. The summed E-state index contributed by atoms with van der Waals surface area (Å²) < 4.78 is 28.7. The zero-order chi connectivity index (χ0) is 20.3. The number of likely N-dealkylation sites (N-methyl/N-ethyl adjacent to an activating group) is 1. The van der Waals surface area contributed by atoms with E-state index in [-0.39, 0.29) is 42.8 Å². The quantitative estimate of drug-likeness (QED) is 0.320. The van der Waals surface area contributed by atoms with Gasteiger partial charge in [-0.05, 0) is 29.8 Å². The van der Waals surface area contributed by atoms with Crippen molar-refractivity contribution in [3.63, 3.8) is 0 Å². The Kier molecular flexibility index (Phi) is 5.26. The van der Waals surface area contributed by atoms with E-state index in [1.165, 1.54) is 5.56 Å². The number of fused-ring (bicyclic) bond motifs is 3. The summed E-state index contributed by atoms with van der Waals surface area (Å²) in [5, 5.41) is 0. The van der Waals surface area contributed by atoms with Gasteiger partial charge in [-0.3, -0.25) is 0 Å². The maximum absolute atomic E-state index is 12.7. The van der Waals surface area contributed by atoms with Crippen molar-refractivity contribution in [1.29, 1.82) is 0 Å². The fourth-order valence-corrected chi connectivity index (χ4v) is 4.73. The van der Waals surface area contributed by atoms with Gasteiger partial charge in [0, 0.05) is 17.5 Å². The third-order valence-electron chi connectivity index (χ3n) is 6.27. The minimum atomic E-state index is -0.424. The van der Waals surface area contributed by atoms with E-state index < -0.39 is 6.10 Å². The van der Waals surface area contributed by atoms with Crippen molar-refractivity contribution < 1.29 is 56.9 Å². The van der Waals surface area contributed by atoms with Crippen molar-refractivity contribution in [1.82, 2.24) is 0 Å². The average molecular weight is 525 g/mol. The topological polar surface area (TPSA) is 63.2 Å². The molecular formula is C22H24INO6. The molecule has 2 unspecified atom stereocenters. The molecule has 2 aromatic rings. The number of nitrogens with zero attached hydrogens (tertiary/aromatic N) is 1. The molecule has 160 valence electrons. The number of hydrogen-bond acceptors (Lipinski definition) is 6. The standard InChI is InChI=1S/C22H24NO6.HI/c1-23(2)6-5-12-7-18-19(28-11-27-18)8-13(12)20(23)21-14-9-16(25-3)17(26-4)10-15(14)22(24)29-21;/h7-10,20-21H,5-6,11H2,1-4H3;1H/q+1;/p-1. The maximum Gasteiger partial charge on any atom is 0.339 e. The molecule has 0 radical (unpaired) electrons.